The molecule has 2 rings (SSSR count). The van der Waals surface area contributed by atoms with E-state index in [9.17, 15) is 4.79 Å². The quantitative estimate of drug-likeness (QED) is 0.738. The van der Waals surface area contributed by atoms with Crippen molar-refractivity contribution in [2.75, 3.05) is 13.2 Å². The Labute approximate surface area is 138 Å². The average molecular weight is 316 g/mol. The Bertz CT molecular complexity index is 674. The third-order valence-corrected chi connectivity index (χ3v) is 4.20. The first-order valence-electron chi connectivity index (χ1n) is 8.67. The number of benzene rings is 1. The summed E-state index contributed by atoms with van der Waals surface area (Å²) >= 11 is 0. The molecule has 126 valence electrons. The Morgan fingerprint density at radius 3 is 2.65 bits per heavy atom. The molecule has 0 saturated heterocycles. The van der Waals surface area contributed by atoms with Gasteiger partial charge in [-0.25, -0.2) is 0 Å². The fraction of sp³-hybridized carbons (Fsp3) is 0.526. The van der Waals surface area contributed by atoms with E-state index in [4.69, 9.17) is 4.74 Å². The number of amides is 1. The van der Waals surface area contributed by atoms with Crippen molar-refractivity contribution in [1.29, 1.82) is 0 Å². The first-order valence-corrected chi connectivity index (χ1v) is 8.67. The summed E-state index contributed by atoms with van der Waals surface area (Å²) in [5.41, 5.74) is 2.89. The molecule has 23 heavy (non-hydrogen) atoms. The minimum Gasteiger partial charge on any atom is -0.494 e. The number of fused-ring (bicyclic) bond motifs is 1. The van der Waals surface area contributed by atoms with Gasteiger partial charge >= 0.3 is 0 Å². The predicted octanol–water partition coefficient (Wildman–Crippen LogP) is 4.29. The summed E-state index contributed by atoms with van der Waals surface area (Å²) in [6, 6.07) is 6.05. The van der Waals surface area contributed by atoms with Gasteiger partial charge in [0.05, 0.1) is 6.61 Å². The highest BCUT2D eigenvalue weighted by atomic mass is 16.5. The van der Waals surface area contributed by atoms with E-state index < -0.39 is 0 Å². The maximum atomic E-state index is 12.6. The fourth-order valence-electron chi connectivity index (χ4n) is 3.04. The molecule has 1 aromatic heterocycles. The summed E-state index contributed by atoms with van der Waals surface area (Å²) in [7, 11) is 0. The van der Waals surface area contributed by atoms with Gasteiger partial charge in [-0.3, -0.25) is 4.79 Å². The highest BCUT2D eigenvalue weighted by molar-refractivity contribution is 6.02. The Kier molecular flexibility index (Phi) is 6.08. The number of aryl methyl sites for hydroxylation is 2. The normalized spacial score (nSPS) is 11.0. The summed E-state index contributed by atoms with van der Waals surface area (Å²) in [5.74, 6) is 0.876. The van der Waals surface area contributed by atoms with Crippen molar-refractivity contribution >= 4 is 16.8 Å². The topological polar surface area (TPSA) is 43.3 Å². The molecule has 0 unspecified atom stereocenters. The number of hydrogen-bond donors (Lipinski definition) is 1. The number of ether oxygens (including phenoxy) is 1. The lowest BCUT2D eigenvalue weighted by molar-refractivity contribution is 0.0943. The van der Waals surface area contributed by atoms with Gasteiger partial charge < -0.3 is 14.6 Å². The van der Waals surface area contributed by atoms with Crippen molar-refractivity contribution in [3.05, 3.63) is 29.5 Å². The Morgan fingerprint density at radius 1 is 1.22 bits per heavy atom. The van der Waals surface area contributed by atoms with E-state index in [2.05, 4.69) is 23.7 Å². The molecule has 1 heterocycles. The number of hydrogen-bond acceptors (Lipinski definition) is 2. The van der Waals surface area contributed by atoms with Gasteiger partial charge in [0.1, 0.15) is 11.4 Å². The molecule has 2 aromatic rings. The third kappa shape index (κ3) is 3.69. The minimum absolute atomic E-state index is 0.0228. The number of carbonyl (C=O) groups excluding carboxylic acids is 1. The number of aromatic nitrogens is 1. The second kappa shape index (κ2) is 8.04. The molecule has 0 radical (unpaired) electrons. The van der Waals surface area contributed by atoms with E-state index in [1.165, 1.54) is 0 Å². The highest BCUT2D eigenvalue weighted by Gasteiger charge is 2.19. The Morgan fingerprint density at radius 2 is 2.00 bits per heavy atom. The number of nitrogens with zero attached hydrogens (tertiary/aromatic N) is 1. The zero-order chi connectivity index (χ0) is 16.8. The first-order chi connectivity index (χ1) is 11.1. The second-order valence-electron chi connectivity index (χ2n) is 5.79. The number of carbonyl (C=O) groups is 1. The molecule has 0 fully saturated rings. The van der Waals surface area contributed by atoms with Crippen molar-refractivity contribution in [2.24, 2.45) is 0 Å². The molecule has 0 bridgehead atoms. The van der Waals surface area contributed by atoms with Crippen LogP contribution in [0.15, 0.2) is 18.2 Å². The Hall–Kier alpha value is -1.97. The molecular formula is C19H28N2O2. The van der Waals surface area contributed by atoms with Gasteiger partial charge in [0.25, 0.3) is 5.91 Å². The van der Waals surface area contributed by atoms with Crippen LogP contribution in [0.5, 0.6) is 5.75 Å². The molecule has 0 spiro atoms. The monoisotopic (exact) mass is 316 g/mol. The van der Waals surface area contributed by atoms with Crippen LogP contribution in [0.4, 0.5) is 0 Å². The average Bonchev–Trinajstić information content (AvgIpc) is 2.84. The van der Waals surface area contributed by atoms with E-state index in [0.717, 1.165) is 60.3 Å². The van der Waals surface area contributed by atoms with E-state index in [1.54, 1.807) is 0 Å². The smallest absolute Gasteiger partial charge is 0.268 e. The van der Waals surface area contributed by atoms with Gasteiger partial charge in [-0.2, -0.15) is 0 Å². The maximum Gasteiger partial charge on any atom is 0.268 e. The lowest BCUT2D eigenvalue weighted by atomic mass is 10.1. The molecule has 0 aliphatic heterocycles. The van der Waals surface area contributed by atoms with Gasteiger partial charge in [-0.05, 0) is 51.0 Å². The second-order valence-corrected chi connectivity index (χ2v) is 5.79. The van der Waals surface area contributed by atoms with Gasteiger partial charge in [0.15, 0.2) is 0 Å². The summed E-state index contributed by atoms with van der Waals surface area (Å²) in [6.45, 7) is 10.4. The van der Waals surface area contributed by atoms with Crippen molar-refractivity contribution in [1.82, 2.24) is 9.88 Å². The molecule has 1 N–H and O–H groups in total. The van der Waals surface area contributed by atoms with E-state index in [0.29, 0.717) is 6.61 Å². The molecule has 1 aromatic carbocycles. The van der Waals surface area contributed by atoms with Gasteiger partial charge in [0, 0.05) is 24.0 Å². The predicted molar refractivity (Wildman–Crippen MR) is 95.4 cm³/mol. The third-order valence-electron chi connectivity index (χ3n) is 4.20. The van der Waals surface area contributed by atoms with Crippen LogP contribution >= 0.6 is 0 Å². The van der Waals surface area contributed by atoms with Crippen LogP contribution < -0.4 is 10.1 Å². The van der Waals surface area contributed by atoms with Crippen molar-refractivity contribution in [3.63, 3.8) is 0 Å². The lowest BCUT2D eigenvalue weighted by Crippen LogP contribution is -2.27. The highest BCUT2D eigenvalue weighted by Crippen LogP contribution is 2.29. The summed E-state index contributed by atoms with van der Waals surface area (Å²) in [4.78, 5) is 12.6. The van der Waals surface area contributed by atoms with Gasteiger partial charge in [-0.1, -0.05) is 19.8 Å². The number of nitrogens with one attached hydrogen (secondary N) is 1. The van der Waals surface area contributed by atoms with Crippen LogP contribution in [0.2, 0.25) is 0 Å². The van der Waals surface area contributed by atoms with Gasteiger partial charge in [0.2, 0.25) is 0 Å². The molecule has 0 aliphatic carbocycles. The first kappa shape index (κ1) is 17.4. The molecule has 0 saturated carbocycles. The SMILES string of the molecule is CCCCCNC(=O)c1c(C)c2cc(OCC)ccc2n1CC. The summed E-state index contributed by atoms with van der Waals surface area (Å²) < 4.78 is 7.69. The zero-order valence-electron chi connectivity index (χ0n) is 14.7. The van der Waals surface area contributed by atoms with E-state index in [1.807, 2.05) is 32.0 Å². The molecule has 1 amide bonds. The maximum absolute atomic E-state index is 12.6. The van der Waals surface area contributed by atoms with Crippen molar-refractivity contribution in [3.8, 4) is 5.75 Å². The molecule has 0 atom stereocenters. The van der Waals surface area contributed by atoms with Gasteiger partial charge in [-0.15, -0.1) is 0 Å². The van der Waals surface area contributed by atoms with Crippen LogP contribution in [-0.4, -0.2) is 23.6 Å². The van der Waals surface area contributed by atoms with Crippen LogP contribution in [-0.2, 0) is 6.54 Å². The Balaban J connectivity index is 2.34. The minimum atomic E-state index is 0.0228. The number of rotatable bonds is 8. The van der Waals surface area contributed by atoms with Crippen LogP contribution in [0.25, 0.3) is 10.9 Å². The standard InChI is InChI=1S/C19H28N2O2/c1-5-8-9-12-20-19(22)18-14(4)16-13-15(23-7-3)10-11-17(16)21(18)6-2/h10-11,13H,5-9,12H2,1-4H3,(H,20,22). The van der Waals surface area contributed by atoms with Crippen molar-refractivity contribution in [2.45, 2.75) is 53.5 Å². The van der Waals surface area contributed by atoms with Crippen LogP contribution in [0.3, 0.4) is 0 Å². The fourth-order valence-corrected chi connectivity index (χ4v) is 3.04. The largest absolute Gasteiger partial charge is 0.494 e. The van der Waals surface area contributed by atoms with Crippen LogP contribution in [0.1, 0.15) is 56.1 Å². The van der Waals surface area contributed by atoms with E-state index >= 15 is 0 Å². The molecule has 4 nitrogen and oxygen atoms in total. The number of unbranched alkanes of at least 4 members (excludes halogenated alkanes) is 2. The molecular weight excluding hydrogens is 288 g/mol. The van der Waals surface area contributed by atoms with Crippen molar-refractivity contribution < 1.29 is 9.53 Å². The lowest BCUT2D eigenvalue weighted by Gasteiger charge is -2.09. The zero-order valence-corrected chi connectivity index (χ0v) is 14.7. The molecule has 4 heteroatoms. The van der Waals surface area contributed by atoms with Crippen LogP contribution in [0, 0.1) is 6.92 Å². The summed E-state index contributed by atoms with van der Waals surface area (Å²) in [6.07, 6.45) is 3.33. The summed E-state index contributed by atoms with van der Waals surface area (Å²) in [5, 5.41) is 4.15. The molecule has 0 aliphatic rings. The van der Waals surface area contributed by atoms with E-state index in [-0.39, 0.29) is 5.91 Å².